The predicted octanol–water partition coefficient (Wildman–Crippen LogP) is 3.19. The lowest BCUT2D eigenvalue weighted by Gasteiger charge is -2.19. The van der Waals surface area contributed by atoms with Crippen LogP contribution in [0.5, 0.6) is 0 Å². The Balaban J connectivity index is 2.17. The Morgan fingerprint density at radius 1 is 1.47 bits per heavy atom. The summed E-state index contributed by atoms with van der Waals surface area (Å²) in [5.74, 6) is 6.41. The van der Waals surface area contributed by atoms with E-state index in [2.05, 4.69) is 50.5 Å². The number of benzene rings is 1. The number of nitrogens with two attached hydrogens (primary N) is 1. The van der Waals surface area contributed by atoms with Crippen LogP contribution in [0, 0.1) is 11.3 Å². The molecule has 0 heterocycles. The van der Waals surface area contributed by atoms with Crippen LogP contribution in [0.2, 0.25) is 0 Å². The lowest BCUT2D eigenvalue weighted by molar-refractivity contribution is 0.422. The highest BCUT2D eigenvalue weighted by molar-refractivity contribution is 5.28. The van der Waals surface area contributed by atoms with E-state index in [1.165, 1.54) is 24.0 Å². The molecule has 0 radical (unpaired) electrons. The lowest BCUT2D eigenvalue weighted by atomic mass is 9.95. The van der Waals surface area contributed by atoms with Gasteiger partial charge in [0.05, 0.1) is 0 Å². The van der Waals surface area contributed by atoms with Gasteiger partial charge in [0, 0.05) is 6.04 Å². The van der Waals surface area contributed by atoms with Gasteiger partial charge in [-0.3, -0.25) is 11.3 Å². The molecule has 94 valence electrons. The molecule has 17 heavy (non-hydrogen) atoms. The molecule has 2 rings (SSSR count). The molecule has 1 aromatic rings. The molecular weight excluding hydrogens is 208 g/mol. The van der Waals surface area contributed by atoms with Crippen molar-refractivity contribution in [3.05, 3.63) is 35.4 Å². The maximum Gasteiger partial charge on any atom is 0.0493 e. The number of nitrogens with one attached hydrogen (secondary N) is 1. The van der Waals surface area contributed by atoms with E-state index in [-0.39, 0.29) is 0 Å². The van der Waals surface area contributed by atoms with Crippen LogP contribution >= 0.6 is 0 Å². The first-order valence-corrected chi connectivity index (χ1v) is 6.63. The van der Waals surface area contributed by atoms with Gasteiger partial charge in [0.2, 0.25) is 0 Å². The van der Waals surface area contributed by atoms with Crippen LogP contribution in [-0.2, 0) is 6.42 Å². The Kier molecular flexibility index (Phi) is 3.55. The summed E-state index contributed by atoms with van der Waals surface area (Å²) in [5.41, 5.74) is 6.21. The van der Waals surface area contributed by atoms with Gasteiger partial charge in [-0.1, -0.05) is 51.5 Å². The van der Waals surface area contributed by atoms with Crippen molar-refractivity contribution in [2.75, 3.05) is 0 Å². The van der Waals surface area contributed by atoms with Gasteiger partial charge in [0.15, 0.2) is 0 Å². The predicted molar refractivity (Wildman–Crippen MR) is 72.4 cm³/mol. The summed E-state index contributed by atoms with van der Waals surface area (Å²) in [4.78, 5) is 0. The molecule has 0 spiro atoms. The fraction of sp³-hybridized carbons (Fsp3) is 0.600. The minimum Gasteiger partial charge on any atom is -0.271 e. The van der Waals surface area contributed by atoms with E-state index in [1.807, 2.05) is 0 Å². The summed E-state index contributed by atoms with van der Waals surface area (Å²) in [6.07, 6.45) is 3.61. The van der Waals surface area contributed by atoms with Crippen LogP contribution in [0.1, 0.15) is 50.8 Å². The van der Waals surface area contributed by atoms with E-state index < -0.39 is 0 Å². The van der Waals surface area contributed by atoms with Crippen LogP contribution in [0.3, 0.4) is 0 Å². The van der Waals surface area contributed by atoms with Crippen molar-refractivity contribution in [2.24, 2.45) is 17.2 Å². The average molecular weight is 232 g/mol. The van der Waals surface area contributed by atoms with Gasteiger partial charge < -0.3 is 0 Å². The molecule has 2 heteroatoms. The molecule has 0 aliphatic heterocycles. The van der Waals surface area contributed by atoms with Gasteiger partial charge in [0.25, 0.3) is 0 Å². The maximum atomic E-state index is 5.74. The molecule has 2 nitrogen and oxygen atoms in total. The van der Waals surface area contributed by atoms with Crippen LogP contribution in [0.15, 0.2) is 24.3 Å². The van der Waals surface area contributed by atoms with E-state index in [4.69, 9.17) is 5.84 Å². The first kappa shape index (κ1) is 12.6. The largest absolute Gasteiger partial charge is 0.271 e. The molecule has 1 aromatic carbocycles. The Hall–Kier alpha value is -0.860. The summed E-state index contributed by atoms with van der Waals surface area (Å²) in [6.45, 7) is 6.85. The van der Waals surface area contributed by atoms with E-state index in [1.54, 1.807) is 0 Å². The summed E-state index contributed by atoms with van der Waals surface area (Å²) in [5, 5.41) is 0. The third-order valence-electron chi connectivity index (χ3n) is 4.02. The van der Waals surface area contributed by atoms with E-state index >= 15 is 0 Å². The van der Waals surface area contributed by atoms with E-state index in [9.17, 15) is 0 Å². The molecule has 1 aliphatic rings. The molecular formula is C15H24N2. The molecule has 1 fully saturated rings. The van der Waals surface area contributed by atoms with Crippen LogP contribution < -0.4 is 11.3 Å². The van der Waals surface area contributed by atoms with Crippen molar-refractivity contribution in [1.29, 1.82) is 0 Å². The van der Waals surface area contributed by atoms with Gasteiger partial charge in [-0.05, 0) is 35.3 Å². The zero-order valence-electron chi connectivity index (χ0n) is 11.2. The number of hydrogen-bond donors (Lipinski definition) is 2. The van der Waals surface area contributed by atoms with Gasteiger partial charge in [0.1, 0.15) is 0 Å². The van der Waals surface area contributed by atoms with Crippen molar-refractivity contribution in [3.63, 3.8) is 0 Å². The molecule has 1 saturated carbocycles. The SMILES string of the molecule is CCCc1cccc(C(NN)C2CC2(C)C)c1. The summed E-state index contributed by atoms with van der Waals surface area (Å²) < 4.78 is 0. The van der Waals surface area contributed by atoms with Crippen molar-refractivity contribution in [3.8, 4) is 0 Å². The number of hydrogen-bond acceptors (Lipinski definition) is 2. The van der Waals surface area contributed by atoms with Crippen molar-refractivity contribution < 1.29 is 0 Å². The smallest absolute Gasteiger partial charge is 0.0493 e. The Morgan fingerprint density at radius 3 is 2.71 bits per heavy atom. The van der Waals surface area contributed by atoms with E-state index in [0.717, 1.165) is 6.42 Å². The fourth-order valence-corrected chi connectivity index (χ4v) is 2.75. The second kappa shape index (κ2) is 4.79. The van der Waals surface area contributed by atoms with Crippen molar-refractivity contribution >= 4 is 0 Å². The number of hydrazine groups is 1. The maximum absolute atomic E-state index is 5.74. The standard InChI is InChI=1S/C15H24N2/c1-4-6-11-7-5-8-12(9-11)14(17-16)13-10-15(13,2)3/h5,7-9,13-14,17H,4,6,10,16H2,1-3H3. The zero-order chi connectivity index (χ0) is 12.5. The molecule has 0 aromatic heterocycles. The fourth-order valence-electron chi connectivity index (χ4n) is 2.75. The minimum atomic E-state index is 0.307. The van der Waals surface area contributed by atoms with Crippen molar-refractivity contribution in [2.45, 2.75) is 46.1 Å². The third-order valence-corrected chi connectivity index (χ3v) is 4.02. The highest BCUT2D eigenvalue weighted by Crippen LogP contribution is 2.57. The Labute approximate surface area is 105 Å². The normalized spacial score (nSPS) is 23.4. The van der Waals surface area contributed by atoms with Gasteiger partial charge in [-0.2, -0.15) is 0 Å². The Morgan fingerprint density at radius 2 is 2.18 bits per heavy atom. The van der Waals surface area contributed by atoms with Gasteiger partial charge >= 0.3 is 0 Å². The first-order chi connectivity index (χ1) is 8.08. The molecule has 2 atom stereocenters. The van der Waals surface area contributed by atoms with Crippen LogP contribution in [0.4, 0.5) is 0 Å². The summed E-state index contributed by atoms with van der Waals surface area (Å²) >= 11 is 0. The molecule has 1 aliphatic carbocycles. The highest BCUT2D eigenvalue weighted by atomic mass is 15.2. The monoisotopic (exact) mass is 232 g/mol. The first-order valence-electron chi connectivity index (χ1n) is 6.63. The summed E-state index contributed by atoms with van der Waals surface area (Å²) in [6, 6.07) is 9.17. The quantitative estimate of drug-likeness (QED) is 0.604. The lowest BCUT2D eigenvalue weighted by Crippen LogP contribution is -2.30. The van der Waals surface area contributed by atoms with E-state index in [0.29, 0.717) is 17.4 Å². The molecule has 2 unspecified atom stereocenters. The molecule has 0 amide bonds. The van der Waals surface area contributed by atoms with Gasteiger partial charge in [-0.25, -0.2) is 0 Å². The Bertz CT molecular complexity index is 384. The third kappa shape index (κ3) is 2.70. The number of aryl methyl sites for hydroxylation is 1. The zero-order valence-corrected chi connectivity index (χ0v) is 11.2. The average Bonchev–Trinajstić information content (AvgIpc) is 2.90. The van der Waals surface area contributed by atoms with Gasteiger partial charge in [-0.15, -0.1) is 0 Å². The summed E-state index contributed by atoms with van der Waals surface area (Å²) in [7, 11) is 0. The molecule has 0 saturated heterocycles. The second-order valence-corrected chi connectivity index (χ2v) is 5.94. The second-order valence-electron chi connectivity index (χ2n) is 5.94. The minimum absolute atomic E-state index is 0.307. The molecule has 0 bridgehead atoms. The number of rotatable bonds is 5. The van der Waals surface area contributed by atoms with Crippen molar-refractivity contribution in [1.82, 2.24) is 5.43 Å². The topological polar surface area (TPSA) is 38.0 Å². The molecule has 3 N–H and O–H groups in total. The van der Waals surface area contributed by atoms with Crippen LogP contribution in [0.25, 0.3) is 0 Å². The highest BCUT2D eigenvalue weighted by Gasteiger charge is 2.50. The van der Waals surface area contributed by atoms with Crippen LogP contribution in [-0.4, -0.2) is 0 Å².